The number of nitrogens with zero attached hydrogens (tertiary/aromatic N) is 2. The van der Waals surface area contributed by atoms with Gasteiger partial charge in [0.1, 0.15) is 5.82 Å². The van der Waals surface area contributed by atoms with E-state index in [4.69, 9.17) is 21.1 Å². The van der Waals surface area contributed by atoms with Crippen LogP contribution < -0.4 is 20.1 Å². The minimum atomic E-state index is -4.57. The summed E-state index contributed by atoms with van der Waals surface area (Å²) in [5, 5.41) is 10.0. The molecule has 7 nitrogen and oxygen atoms in total. The number of anilines is 2. The number of amides is 1. The molecule has 2 heterocycles. The molecule has 0 saturated carbocycles. The van der Waals surface area contributed by atoms with Crippen molar-refractivity contribution in [2.45, 2.75) is 24.7 Å². The van der Waals surface area contributed by atoms with E-state index in [9.17, 15) is 18.0 Å². The van der Waals surface area contributed by atoms with Gasteiger partial charge in [-0.15, -0.1) is 0 Å². The van der Waals surface area contributed by atoms with Gasteiger partial charge < -0.3 is 20.1 Å². The number of alkyl halides is 3. The fourth-order valence-electron chi connectivity index (χ4n) is 3.73. The lowest BCUT2D eigenvalue weighted by Gasteiger charge is -2.33. The maximum atomic E-state index is 13.9. The van der Waals surface area contributed by atoms with Crippen molar-refractivity contribution in [2.24, 2.45) is 0 Å². The van der Waals surface area contributed by atoms with E-state index in [2.05, 4.69) is 15.7 Å². The van der Waals surface area contributed by atoms with Crippen molar-refractivity contribution >= 4 is 29.0 Å². The van der Waals surface area contributed by atoms with Crippen molar-refractivity contribution < 1.29 is 27.4 Å². The van der Waals surface area contributed by atoms with E-state index in [1.54, 1.807) is 36.4 Å². The molecule has 0 aliphatic carbocycles. The number of ether oxygens (including phenoxy) is 2. The zero-order valence-electron chi connectivity index (χ0n) is 17.6. The molecule has 1 aliphatic rings. The molecule has 2 atom stereocenters. The van der Waals surface area contributed by atoms with Crippen molar-refractivity contribution in [1.82, 2.24) is 9.78 Å². The van der Waals surface area contributed by atoms with E-state index in [0.717, 1.165) is 4.68 Å². The fourth-order valence-corrected chi connectivity index (χ4v) is 3.92. The molecule has 1 amide bonds. The number of halogens is 4. The van der Waals surface area contributed by atoms with Gasteiger partial charge in [-0.2, -0.15) is 18.3 Å². The van der Waals surface area contributed by atoms with Crippen molar-refractivity contribution in [3.8, 4) is 11.5 Å². The van der Waals surface area contributed by atoms with Gasteiger partial charge >= 0.3 is 6.18 Å². The summed E-state index contributed by atoms with van der Waals surface area (Å²) in [4.78, 5) is 12.6. The Labute approximate surface area is 192 Å². The van der Waals surface area contributed by atoms with Crippen molar-refractivity contribution in [3.63, 3.8) is 0 Å². The third-order valence-corrected chi connectivity index (χ3v) is 5.55. The SMILES string of the molecule is COc1ccc([C@H]2C[C@@H](C(F)(F)F)n3nc(C(=O)Nc4cccc(Cl)c4)cc3N2)cc1OC. The highest BCUT2D eigenvalue weighted by Crippen LogP contribution is 2.44. The molecular formula is C22H20ClF3N4O3. The van der Waals surface area contributed by atoms with E-state index >= 15 is 0 Å². The summed E-state index contributed by atoms with van der Waals surface area (Å²) >= 11 is 5.92. The minimum absolute atomic E-state index is 0.0830. The predicted octanol–water partition coefficient (Wildman–Crippen LogP) is 5.47. The molecule has 174 valence electrons. The van der Waals surface area contributed by atoms with Crippen LogP contribution in [0.5, 0.6) is 11.5 Å². The number of hydrogen-bond acceptors (Lipinski definition) is 5. The molecule has 1 aliphatic heterocycles. The topological polar surface area (TPSA) is 77.4 Å². The van der Waals surface area contributed by atoms with Crippen molar-refractivity contribution in [1.29, 1.82) is 0 Å². The number of carbonyl (C=O) groups is 1. The largest absolute Gasteiger partial charge is 0.493 e. The van der Waals surface area contributed by atoms with Crippen LogP contribution in [-0.2, 0) is 0 Å². The van der Waals surface area contributed by atoms with Crippen LogP contribution in [0.2, 0.25) is 5.02 Å². The van der Waals surface area contributed by atoms with Gasteiger partial charge in [-0.3, -0.25) is 4.79 Å². The number of carbonyl (C=O) groups excluding carboxylic acids is 1. The number of nitrogens with one attached hydrogen (secondary N) is 2. The molecule has 11 heteroatoms. The average molecular weight is 481 g/mol. The third kappa shape index (κ3) is 4.70. The Morgan fingerprint density at radius 2 is 1.91 bits per heavy atom. The van der Waals surface area contributed by atoms with Gasteiger partial charge in [0.2, 0.25) is 0 Å². The number of hydrogen-bond donors (Lipinski definition) is 2. The Kier molecular flexibility index (Phi) is 6.11. The molecule has 3 aromatic rings. The Morgan fingerprint density at radius 3 is 2.58 bits per heavy atom. The van der Waals surface area contributed by atoms with E-state index in [-0.39, 0.29) is 17.9 Å². The van der Waals surface area contributed by atoms with Crippen LogP contribution in [0.4, 0.5) is 24.7 Å². The lowest BCUT2D eigenvalue weighted by atomic mass is 9.96. The molecular weight excluding hydrogens is 461 g/mol. The van der Waals surface area contributed by atoms with Gasteiger partial charge in [-0.05, 0) is 35.9 Å². The van der Waals surface area contributed by atoms with E-state index in [1.807, 2.05) is 0 Å². The van der Waals surface area contributed by atoms with Crippen molar-refractivity contribution in [3.05, 3.63) is 64.8 Å². The summed E-state index contributed by atoms with van der Waals surface area (Å²) in [6.07, 6.45) is -4.89. The highest BCUT2D eigenvalue weighted by Gasteiger charge is 2.47. The highest BCUT2D eigenvalue weighted by atomic mass is 35.5. The first kappa shape index (κ1) is 22.8. The van der Waals surface area contributed by atoms with Crippen LogP contribution in [0.15, 0.2) is 48.5 Å². The fraction of sp³-hybridized carbons (Fsp3) is 0.273. The van der Waals surface area contributed by atoms with E-state index < -0.39 is 24.2 Å². The van der Waals surface area contributed by atoms with Gasteiger partial charge in [0, 0.05) is 23.2 Å². The summed E-state index contributed by atoms with van der Waals surface area (Å²) in [6, 6.07) is 10.0. The second kappa shape index (κ2) is 8.86. The van der Waals surface area contributed by atoms with Crippen LogP contribution in [0, 0.1) is 0 Å². The Bertz CT molecular complexity index is 1180. The molecule has 0 radical (unpaired) electrons. The average Bonchev–Trinajstić information content (AvgIpc) is 3.21. The second-order valence-electron chi connectivity index (χ2n) is 7.43. The molecule has 2 aromatic carbocycles. The number of benzene rings is 2. The summed E-state index contributed by atoms with van der Waals surface area (Å²) in [5.41, 5.74) is 0.834. The zero-order valence-corrected chi connectivity index (χ0v) is 18.4. The molecule has 2 N–H and O–H groups in total. The first-order chi connectivity index (χ1) is 15.7. The van der Waals surface area contributed by atoms with E-state index in [1.165, 1.54) is 26.4 Å². The van der Waals surface area contributed by atoms with Crippen LogP contribution in [-0.4, -0.2) is 36.1 Å². The van der Waals surface area contributed by atoms with Crippen LogP contribution >= 0.6 is 11.6 Å². The summed E-state index contributed by atoms with van der Waals surface area (Å²) < 4.78 is 53.1. The standard InChI is InChI=1S/C22H20ClF3N4O3/c1-32-17-7-6-12(8-18(17)33-2)15-10-19(22(24,25)26)30-20(28-15)11-16(29-30)21(31)27-14-5-3-4-13(23)9-14/h3-9,11,15,19,28H,10H2,1-2H3,(H,27,31)/t15-,19+/m1/s1. The van der Waals surface area contributed by atoms with Crippen LogP contribution in [0.1, 0.15) is 34.6 Å². The summed E-state index contributed by atoms with van der Waals surface area (Å²) in [7, 11) is 2.93. The third-order valence-electron chi connectivity index (χ3n) is 5.31. The zero-order chi connectivity index (χ0) is 23.8. The molecule has 4 rings (SSSR count). The monoisotopic (exact) mass is 480 g/mol. The highest BCUT2D eigenvalue weighted by molar-refractivity contribution is 6.30. The van der Waals surface area contributed by atoms with Gasteiger partial charge in [0.05, 0.1) is 20.3 Å². The van der Waals surface area contributed by atoms with Gasteiger partial charge in [-0.25, -0.2) is 4.68 Å². The van der Waals surface area contributed by atoms with Gasteiger partial charge in [-0.1, -0.05) is 23.7 Å². The molecule has 0 fully saturated rings. The first-order valence-corrected chi connectivity index (χ1v) is 10.3. The smallest absolute Gasteiger partial charge is 0.410 e. The van der Waals surface area contributed by atoms with Crippen LogP contribution in [0.25, 0.3) is 0 Å². The molecule has 33 heavy (non-hydrogen) atoms. The maximum Gasteiger partial charge on any atom is 0.410 e. The Hall–Kier alpha value is -3.40. The lowest BCUT2D eigenvalue weighted by molar-refractivity contribution is -0.173. The lowest BCUT2D eigenvalue weighted by Crippen LogP contribution is -2.35. The number of fused-ring (bicyclic) bond motifs is 1. The summed E-state index contributed by atoms with van der Waals surface area (Å²) in [6.45, 7) is 0. The number of rotatable bonds is 5. The minimum Gasteiger partial charge on any atom is -0.493 e. The normalized spacial score (nSPS) is 17.6. The molecule has 0 unspecified atom stereocenters. The molecule has 0 saturated heterocycles. The summed E-state index contributed by atoms with van der Waals surface area (Å²) in [5.74, 6) is 0.305. The molecule has 0 bridgehead atoms. The molecule has 1 aromatic heterocycles. The maximum absolute atomic E-state index is 13.9. The first-order valence-electron chi connectivity index (χ1n) is 9.91. The van der Waals surface area contributed by atoms with Gasteiger partial charge in [0.15, 0.2) is 23.2 Å². The second-order valence-corrected chi connectivity index (χ2v) is 7.86. The predicted molar refractivity (Wildman–Crippen MR) is 117 cm³/mol. The Balaban J connectivity index is 1.65. The van der Waals surface area contributed by atoms with Crippen LogP contribution in [0.3, 0.4) is 0 Å². The Morgan fingerprint density at radius 1 is 1.15 bits per heavy atom. The van der Waals surface area contributed by atoms with Gasteiger partial charge in [0.25, 0.3) is 5.91 Å². The quantitative estimate of drug-likeness (QED) is 0.506. The number of aromatic nitrogens is 2. The van der Waals surface area contributed by atoms with Crippen molar-refractivity contribution in [2.75, 3.05) is 24.9 Å². The number of methoxy groups -OCH3 is 2. The van der Waals surface area contributed by atoms with E-state index in [0.29, 0.717) is 27.8 Å². The molecule has 0 spiro atoms.